The zero-order valence-corrected chi connectivity index (χ0v) is 48.0. The molecule has 7 aliphatic heterocycles. The van der Waals surface area contributed by atoms with E-state index >= 15 is 0 Å². The second-order valence-electron chi connectivity index (χ2n) is 21.6. The molecule has 0 radical (unpaired) electrons. The number of hydrogen-bond acceptors (Lipinski definition) is 12. The molecule has 0 aliphatic carbocycles. The molecule has 12 nitrogen and oxygen atoms in total. The summed E-state index contributed by atoms with van der Waals surface area (Å²) in [7, 11) is 15.3. The minimum Gasteiger partial charge on any atom is -0.390 e. The summed E-state index contributed by atoms with van der Waals surface area (Å²) >= 11 is 0. The van der Waals surface area contributed by atoms with E-state index in [1.54, 1.807) is 5.57 Å². The Morgan fingerprint density at radius 2 is 1.00 bits per heavy atom. The van der Waals surface area contributed by atoms with Gasteiger partial charge in [0.15, 0.2) is 0 Å². The number of rotatable bonds is 7. The Bertz CT molecular complexity index is 1150. The number of likely N-dealkylation sites (tertiary alicyclic amines) is 2. The van der Waals surface area contributed by atoms with Gasteiger partial charge in [0.1, 0.15) is 0 Å². The van der Waals surface area contributed by atoms with Gasteiger partial charge in [0.05, 0.1) is 5.60 Å². The van der Waals surface area contributed by atoms with Gasteiger partial charge in [-0.05, 0) is 173 Å². The van der Waals surface area contributed by atoms with Gasteiger partial charge >= 0.3 is 0 Å². The fourth-order valence-electron chi connectivity index (χ4n) is 9.63. The van der Waals surface area contributed by atoms with Gasteiger partial charge in [-0.3, -0.25) is 4.90 Å². The Morgan fingerprint density at radius 1 is 0.493 bits per heavy atom. The lowest BCUT2D eigenvalue weighted by Gasteiger charge is -2.37. The third-order valence-corrected chi connectivity index (χ3v) is 16.1. The first-order chi connectivity index (χ1) is 31.9. The molecule has 0 saturated carbocycles. The average Bonchev–Trinajstić information content (AvgIpc) is 3.56. The van der Waals surface area contributed by atoms with Crippen molar-refractivity contribution in [2.75, 3.05) is 206 Å². The van der Waals surface area contributed by atoms with Crippen LogP contribution in [0.4, 0.5) is 0 Å². The van der Waals surface area contributed by atoms with E-state index in [2.05, 4.69) is 172 Å². The number of nitrogens with zero attached hydrogens (tertiary/aromatic N) is 11. The largest absolute Gasteiger partial charge is 0.390 e. The average molecular weight is 951 g/mol. The first kappa shape index (κ1) is 64.3. The highest BCUT2D eigenvalue weighted by Crippen LogP contribution is 2.24. The summed E-state index contributed by atoms with van der Waals surface area (Å²) in [4.78, 5) is 26.7. The molecule has 2 atom stereocenters. The van der Waals surface area contributed by atoms with Gasteiger partial charge < -0.3 is 54.1 Å². The summed E-state index contributed by atoms with van der Waals surface area (Å²) in [5, 5.41) is 9.77. The van der Waals surface area contributed by atoms with Crippen molar-refractivity contribution in [3.63, 3.8) is 0 Å². The molecule has 7 rings (SSSR count). The van der Waals surface area contributed by atoms with Crippen LogP contribution in [-0.2, 0) is 0 Å². The zero-order valence-electron chi connectivity index (χ0n) is 48.0. The Labute approximate surface area is 419 Å². The lowest BCUT2D eigenvalue weighted by Crippen LogP contribution is -2.50. The molecule has 7 heterocycles. The molecule has 7 aliphatic rings. The first-order valence-corrected chi connectivity index (χ1v) is 28.1. The Hall–Kier alpha value is -0.740. The second-order valence-corrected chi connectivity index (χ2v) is 21.6. The summed E-state index contributed by atoms with van der Waals surface area (Å²) < 4.78 is 0. The minimum atomic E-state index is -0.341. The third kappa shape index (κ3) is 30.0. The van der Waals surface area contributed by atoms with Gasteiger partial charge in [-0.15, -0.1) is 0 Å². The van der Waals surface area contributed by atoms with Crippen molar-refractivity contribution in [3.8, 4) is 0 Å². The molecule has 6 fully saturated rings. The molecule has 6 saturated heterocycles. The van der Waals surface area contributed by atoms with E-state index < -0.39 is 0 Å². The first-order valence-electron chi connectivity index (χ1n) is 28.1. The molecule has 12 heteroatoms. The predicted molar refractivity (Wildman–Crippen MR) is 295 cm³/mol. The summed E-state index contributed by atoms with van der Waals surface area (Å²) in [6, 6.07) is 1.50. The maximum atomic E-state index is 9.77. The van der Waals surface area contributed by atoms with E-state index in [4.69, 9.17) is 0 Å². The Balaban J connectivity index is 0.000000391. The molecule has 67 heavy (non-hydrogen) atoms. The summed E-state index contributed by atoms with van der Waals surface area (Å²) in [5.41, 5.74) is 1.29. The van der Waals surface area contributed by atoms with Crippen LogP contribution in [-0.4, -0.2) is 283 Å². The smallest absolute Gasteiger partial charge is 0.0669 e. The SMILES string of the molecule is CCC1(O)CCN(C)CC1.CCC1=CCN(C)CC1.CCC1CCN(C)CC1.CCN1CCCN(C)CC1.CCN1CCN(C)C(C)C1.CCN1CCN(C)CC1.CCN1CCN(C)CC1C. The van der Waals surface area contributed by atoms with Gasteiger partial charge in [-0.25, -0.2) is 0 Å². The number of likely N-dealkylation sites (N-methyl/N-ethyl adjacent to an activating group) is 9. The van der Waals surface area contributed by atoms with Crippen molar-refractivity contribution in [1.82, 2.24) is 53.9 Å². The standard InChI is InChI=1S/3C8H18N2.C8H17NO.C8H17N.C8H15N.C7H16N2/c1-4-10-6-5-9(3)8(2)7-10;1-4-10-6-5-9(3)7-8(10)2;1-3-10-6-4-5-9(2)7-8-10;1-3-8(10)4-6-9(2)7-5-8;2*1-3-8-4-6-9(2)7-5-8;1-3-9-6-4-8(2)5-7-9/h2*8H,4-7H2,1-3H3;3-8H2,1-2H3;10H,3-7H2,1-2H3;8H,3-7H2,1-2H3;4H,3,5-7H2,1-2H3;3-7H2,1-2H3. The normalized spacial score (nSPS) is 26.4. The summed E-state index contributed by atoms with van der Waals surface area (Å²) in [6.45, 7) is 49.6. The lowest BCUT2D eigenvalue weighted by molar-refractivity contribution is -0.0184. The highest BCUT2D eigenvalue weighted by molar-refractivity contribution is 5.05. The van der Waals surface area contributed by atoms with Crippen LogP contribution in [0.1, 0.15) is 120 Å². The van der Waals surface area contributed by atoms with Gasteiger partial charge in [-0.1, -0.05) is 66.5 Å². The van der Waals surface area contributed by atoms with Crippen molar-refractivity contribution in [1.29, 1.82) is 0 Å². The fourth-order valence-corrected chi connectivity index (χ4v) is 9.63. The molecule has 400 valence electrons. The van der Waals surface area contributed by atoms with Crippen LogP contribution in [0.3, 0.4) is 0 Å². The maximum absolute atomic E-state index is 9.77. The molecule has 0 aromatic heterocycles. The van der Waals surface area contributed by atoms with Crippen molar-refractivity contribution in [3.05, 3.63) is 11.6 Å². The van der Waals surface area contributed by atoms with Crippen LogP contribution in [0, 0.1) is 5.92 Å². The van der Waals surface area contributed by atoms with E-state index in [0.717, 1.165) is 56.9 Å². The van der Waals surface area contributed by atoms with Gasteiger partial charge in [0.25, 0.3) is 0 Å². The zero-order chi connectivity index (χ0) is 50.2. The van der Waals surface area contributed by atoms with Crippen LogP contribution in [0.25, 0.3) is 0 Å². The van der Waals surface area contributed by atoms with Crippen LogP contribution in [0.2, 0.25) is 0 Å². The molecular weight excluding hydrogens is 831 g/mol. The van der Waals surface area contributed by atoms with Crippen molar-refractivity contribution >= 4 is 0 Å². The molecule has 0 spiro atoms. The molecule has 1 N–H and O–H groups in total. The van der Waals surface area contributed by atoms with E-state index in [1.165, 1.54) is 176 Å². The van der Waals surface area contributed by atoms with Crippen LogP contribution in [0.5, 0.6) is 0 Å². The molecule has 0 aromatic carbocycles. The van der Waals surface area contributed by atoms with Crippen molar-refractivity contribution in [2.45, 2.75) is 138 Å². The molecule has 0 amide bonds. The third-order valence-electron chi connectivity index (χ3n) is 16.1. The quantitative estimate of drug-likeness (QED) is 0.287. The fraction of sp³-hybridized carbons (Fsp3) is 0.964. The van der Waals surface area contributed by atoms with E-state index in [9.17, 15) is 5.11 Å². The number of piperazine rings is 3. The highest BCUT2D eigenvalue weighted by Gasteiger charge is 2.28. The molecular formula is C55H119N11O. The Kier molecular flexibility index (Phi) is 36.4. The summed E-state index contributed by atoms with van der Waals surface area (Å²) in [5.74, 6) is 1.03. The van der Waals surface area contributed by atoms with Gasteiger partial charge in [0, 0.05) is 117 Å². The van der Waals surface area contributed by atoms with Gasteiger partial charge in [0.2, 0.25) is 0 Å². The second kappa shape index (κ2) is 38.0. The maximum Gasteiger partial charge on any atom is 0.0669 e. The van der Waals surface area contributed by atoms with Crippen molar-refractivity contribution < 1.29 is 5.11 Å². The topological polar surface area (TPSA) is 55.9 Å². The lowest BCUT2D eigenvalue weighted by atomic mass is 9.89. The monoisotopic (exact) mass is 950 g/mol. The number of hydrogen-bond donors (Lipinski definition) is 1. The number of piperidine rings is 2. The Morgan fingerprint density at radius 3 is 1.46 bits per heavy atom. The predicted octanol–water partition coefficient (Wildman–Crippen LogP) is 6.43. The van der Waals surface area contributed by atoms with Crippen LogP contribution in [0.15, 0.2) is 11.6 Å². The minimum absolute atomic E-state index is 0.341. The van der Waals surface area contributed by atoms with Crippen LogP contribution >= 0.6 is 0 Å². The van der Waals surface area contributed by atoms with E-state index in [0.29, 0.717) is 0 Å². The van der Waals surface area contributed by atoms with Crippen LogP contribution < -0.4 is 0 Å². The summed E-state index contributed by atoms with van der Waals surface area (Å²) in [6.07, 6.45) is 13.2. The molecule has 0 aromatic rings. The molecule has 2 unspecified atom stereocenters. The van der Waals surface area contributed by atoms with E-state index in [-0.39, 0.29) is 5.60 Å². The molecule has 0 bridgehead atoms. The van der Waals surface area contributed by atoms with Gasteiger partial charge in [-0.2, -0.15) is 0 Å². The highest BCUT2D eigenvalue weighted by atomic mass is 16.3. The van der Waals surface area contributed by atoms with E-state index in [1.807, 2.05) is 0 Å². The number of aliphatic hydroxyl groups is 1. The van der Waals surface area contributed by atoms with Crippen molar-refractivity contribution in [2.24, 2.45) is 5.92 Å².